The number of benzene rings is 1. The lowest BCUT2D eigenvalue weighted by molar-refractivity contribution is -0.260. The SMILES string of the molecule is CC1(OC[C@@]2(C)COC[C@@H](COc3ccc(Br)cc3)O2)COC1. The highest BCUT2D eigenvalue weighted by Crippen LogP contribution is 2.27. The molecule has 0 spiro atoms. The summed E-state index contributed by atoms with van der Waals surface area (Å²) in [4.78, 5) is 0. The standard InChI is InChI=1S/C17H23BrO5/c1-16(9-20-10-16)22-12-17(2)11-19-7-15(23-17)8-21-14-5-3-13(18)4-6-14/h3-6,15H,7-12H2,1-2H3/t15-,17+/m0/s1. The van der Waals surface area contributed by atoms with Crippen LogP contribution >= 0.6 is 15.9 Å². The van der Waals surface area contributed by atoms with Gasteiger partial charge in [-0.2, -0.15) is 0 Å². The number of rotatable bonds is 6. The van der Waals surface area contributed by atoms with Crippen LogP contribution in [0.2, 0.25) is 0 Å². The van der Waals surface area contributed by atoms with Crippen molar-refractivity contribution in [2.45, 2.75) is 31.2 Å². The average Bonchev–Trinajstić information content (AvgIpc) is 2.51. The van der Waals surface area contributed by atoms with Crippen LogP contribution in [-0.2, 0) is 18.9 Å². The second kappa shape index (κ2) is 7.07. The molecule has 2 atom stereocenters. The van der Waals surface area contributed by atoms with Gasteiger partial charge in [0.15, 0.2) is 0 Å². The first-order chi connectivity index (χ1) is 11.0. The first-order valence-corrected chi connectivity index (χ1v) is 8.61. The Morgan fingerprint density at radius 1 is 1.13 bits per heavy atom. The van der Waals surface area contributed by atoms with Gasteiger partial charge in [-0.15, -0.1) is 0 Å². The van der Waals surface area contributed by atoms with E-state index >= 15 is 0 Å². The molecule has 5 nitrogen and oxygen atoms in total. The zero-order chi connectivity index (χ0) is 16.3. The molecule has 2 heterocycles. The fourth-order valence-electron chi connectivity index (χ4n) is 2.55. The van der Waals surface area contributed by atoms with E-state index in [0.29, 0.717) is 39.6 Å². The van der Waals surface area contributed by atoms with Crippen molar-refractivity contribution < 1.29 is 23.7 Å². The van der Waals surface area contributed by atoms with Crippen molar-refractivity contribution in [1.82, 2.24) is 0 Å². The molecule has 6 heteroatoms. The maximum atomic E-state index is 6.16. The summed E-state index contributed by atoms with van der Waals surface area (Å²) in [6.45, 7) is 7.35. The monoisotopic (exact) mass is 386 g/mol. The highest BCUT2D eigenvalue weighted by atomic mass is 79.9. The van der Waals surface area contributed by atoms with Gasteiger partial charge >= 0.3 is 0 Å². The van der Waals surface area contributed by atoms with Gasteiger partial charge in [-0.25, -0.2) is 0 Å². The topological polar surface area (TPSA) is 46.2 Å². The molecule has 0 unspecified atom stereocenters. The largest absolute Gasteiger partial charge is 0.491 e. The summed E-state index contributed by atoms with van der Waals surface area (Å²) >= 11 is 3.41. The van der Waals surface area contributed by atoms with E-state index in [2.05, 4.69) is 22.9 Å². The molecule has 2 fully saturated rings. The van der Waals surface area contributed by atoms with Crippen molar-refractivity contribution in [2.24, 2.45) is 0 Å². The van der Waals surface area contributed by atoms with E-state index in [4.69, 9.17) is 23.7 Å². The molecule has 0 aromatic heterocycles. The minimum atomic E-state index is -0.454. The summed E-state index contributed by atoms with van der Waals surface area (Å²) in [6.07, 6.45) is -0.105. The average molecular weight is 387 g/mol. The van der Waals surface area contributed by atoms with E-state index in [0.717, 1.165) is 10.2 Å². The molecule has 0 radical (unpaired) electrons. The van der Waals surface area contributed by atoms with Crippen molar-refractivity contribution in [3.05, 3.63) is 28.7 Å². The molecule has 0 bridgehead atoms. The number of ether oxygens (including phenoxy) is 5. The molecule has 23 heavy (non-hydrogen) atoms. The maximum Gasteiger partial charge on any atom is 0.119 e. The van der Waals surface area contributed by atoms with Crippen LogP contribution in [0.1, 0.15) is 13.8 Å². The van der Waals surface area contributed by atoms with Gasteiger partial charge < -0.3 is 23.7 Å². The van der Waals surface area contributed by atoms with Gasteiger partial charge in [0.05, 0.1) is 33.0 Å². The second-order valence-corrected chi connectivity index (χ2v) is 7.62. The first kappa shape index (κ1) is 17.2. The molecular weight excluding hydrogens is 364 g/mol. The van der Waals surface area contributed by atoms with Crippen molar-refractivity contribution in [3.63, 3.8) is 0 Å². The molecule has 2 aliphatic rings. The summed E-state index contributed by atoms with van der Waals surface area (Å²) in [5.74, 6) is 0.819. The second-order valence-electron chi connectivity index (χ2n) is 6.70. The predicted molar refractivity (Wildman–Crippen MR) is 88.9 cm³/mol. The summed E-state index contributed by atoms with van der Waals surface area (Å²) in [7, 11) is 0. The molecule has 1 aromatic carbocycles. The third kappa shape index (κ3) is 4.67. The van der Waals surface area contributed by atoms with E-state index in [1.54, 1.807) is 0 Å². The van der Waals surface area contributed by atoms with Crippen LogP contribution in [0.5, 0.6) is 5.75 Å². The van der Waals surface area contributed by atoms with Crippen LogP contribution in [0.3, 0.4) is 0 Å². The predicted octanol–water partition coefficient (Wildman–Crippen LogP) is 2.81. The van der Waals surface area contributed by atoms with Crippen LogP contribution < -0.4 is 4.74 Å². The Labute approximate surface area is 145 Å². The zero-order valence-corrected chi connectivity index (χ0v) is 15.1. The van der Waals surface area contributed by atoms with Gasteiger partial charge in [0.1, 0.15) is 29.7 Å². The van der Waals surface area contributed by atoms with Crippen LogP contribution in [0, 0.1) is 0 Å². The molecule has 2 saturated heterocycles. The molecule has 0 aliphatic carbocycles. The Hall–Kier alpha value is -0.660. The Morgan fingerprint density at radius 3 is 2.52 bits per heavy atom. The molecule has 3 rings (SSSR count). The third-order valence-electron chi connectivity index (χ3n) is 3.95. The van der Waals surface area contributed by atoms with Gasteiger partial charge in [0, 0.05) is 4.47 Å². The Bertz CT molecular complexity index is 516. The van der Waals surface area contributed by atoms with E-state index < -0.39 is 5.60 Å². The normalized spacial score (nSPS) is 29.8. The highest BCUT2D eigenvalue weighted by molar-refractivity contribution is 9.10. The molecule has 0 saturated carbocycles. The summed E-state index contributed by atoms with van der Waals surface area (Å²) in [5, 5.41) is 0. The maximum absolute atomic E-state index is 6.16. The molecule has 2 aliphatic heterocycles. The zero-order valence-electron chi connectivity index (χ0n) is 13.5. The van der Waals surface area contributed by atoms with Crippen LogP contribution in [0.25, 0.3) is 0 Å². The van der Waals surface area contributed by atoms with Gasteiger partial charge in [-0.1, -0.05) is 15.9 Å². The summed E-state index contributed by atoms with van der Waals surface area (Å²) in [6, 6.07) is 7.75. The number of hydrogen-bond donors (Lipinski definition) is 0. The molecule has 128 valence electrons. The Balaban J connectivity index is 1.47. The Morgan fingerprint density at radius 2 is 1.87 bits per heavy atom. The van der Waals surface area contributed by atoms with Gasteiger partial charge in [0.25, 0.3) is 0 Å². The smallest absolute Gasteiger partial charge is 0.119 e. The number of hydrogen-bond acceptors (Lipinski definition) is 5. The van der Waals surface area contributed by atoms with Gasteiger partial charge in [-0.3, -0.25) is 0 Å². The molecular formula is C17H23BrO5. The number of halogens is 1. The van der Waals surface area contributed by atoms with Crippen molar-refractivity contribution >= 4 is 15.9 Å². The van der Waals surface area contributed by atoms with E-state index in [1.165, 1.54) is 0 Å². The molecule has 0 amide bonds. The van der Waals surface area contributed by atoms with Crippen molar-refractivity contribution in [3.8, 4) is 5.75 Å². The van der Waals surface area contributed by atoms with Crippen LogP contribution in [-0.4, -0.2) is 56.9 Å². The third-order valence-corrected chi connectivity index (χ3v) is 4.48. The van der Waals surface area contributed by atoms with E-state index in [-0.39, 0.29) is 11.7 Å². The highest BCUT2D eigenvalue weighted by Gasteiger charge is 2.40. The van der Waals surface area contributed by atoms with Gasteiger partial charge in [0.2, 0.25) is 0 Å². The van der Waals surface area contributed by atoms with E-state index in [1.807, 2.05) is 31.2 Å². The minimum absolute atomic E-state index is 0.105. The summed E-state index contributed by atoms with van der Waals surface area (Å²) < 4.78 is 29.8. The van der Waals surface area contributed by atoms with Crippen molar-refractivity contribution in [1.29, 1.82) is 0 Å². The minimum Gasteiger partial charge on any atom is -0.491 e. The molecule has 0 N–H and O–H groups in total. The quantitative estimate of drug-likeness (QED) is 0.751. The van der Waals surface area contributed by atoms with E-state index in [9.17, 15) is 0 Å². The van der Waals surface area contributed by atoms with Gasteiger partial charge in [-0.05, 0) is 38.1 Å². The lowest BCUT2D eigenvalue weighted by atomic mass is 10.0. The first-order valence-electron chi connectivity index (χ1n) is 7.82. The fraction of sp³-hybridized carbons (Fsp3) is 0.647. The Kier molecular flexibility index (Phi) is 5.28. The lowest BCUT2D eigenvalue weighted by Crippen LogP contribution is -2.55. The summed E-state index contributed by atoms with van der Waals surface area (Å²) in [5.41, 5.74) is -0.641. The fourth-order valence-corrected chi connectivity index (χ4v) is 2.82. The molecule has 1 aromatic rings. The lowest BCUT2D eigenvalue weighted by Gasteiger charge is -2.43. The van der Waals surface area contributed by atoms with Crippen LogP contribution in [0.15, 0.2) is 28.7 Å². The van der Waals surface area contributed by atoms with Crippen LogP contribution in [0.4, 0.5) is 0 Å². The van der Waals surface area contributed by atoms with Crippen molar-refractivity contribution in [2.75, 3.05) is 39.6 Å².